The Kier molecular flexibility index (Phi) is 6.82. The van der Waals surface area contributed by atoms with Crippen LogP contribution < -0.4 is 16.0 Å². The van der Waals surface area contributed by atoms with E-state index in [0.717, 1.165) is 22.4 Å². The fourth-order valence-electron chi connectivity index (χ4n) is 4.20. The zero-order valence-corrected chi connectivity index (χ0v) is 20.8. The average Bonchev–Trinajstić information content (AvgIpc) is 3.37. The maximum Gasteiger partial charge on any atom is 0.318 e. The third kappa shape index (κ3) is 5.08. The quantitative estimate of drug-likeness (QED) is 0.284. The average molecular weight is 509 g/mol. The van der Waals surface area contributed by atoms with E-state index in [1.807, 2.05) is 30.3 Å². The van der Waals surface area contributed by atoms with Crippen molar-refractivity contribution in [1.82, 2.24) is 25.2 Å². The first-order chi connectivity index (χ1) is 18.4. The highest BCUT2D eigenvalue weighted by molar-refractivity contribution is 5.95. The first-order valence-corrected chi connectivity index (χ1v) is 12.0. The Bertz CT molecular complexity index is 1650. The number of rotatable bonds is 6. The minimum atomic E-state index is -0.487. The van der Waals surface area contributed by atoms with Crippen molar-refractivity contribution >= 4 is 23.3 Å². The third-order valence-electron chi connectivity index (χ3n) is 6.18. The molecule has 0 saturated heterocycles. The number of nitrogens with one attached hydrogen (secondary N) is 3. The van der Waals surface area contributed by atoms with Crippen LogP contribution in [0.3, 0.4) is 0 Å². The van der Waals surface area contributed by atoms with Gasteiger partial charge in [-0.1, -0.05) is 42.5 Å². The van der Waals surface area contributed by atoms with Crippen molar-refractivity contribution in [3.63, 3.8) is 0 Å². The van der Waals surface area contributed by atoms with Crippen LogP contribution in [0.2, 0.25) is 0 Å². The van der Waals surface area contributed by atoms with E-state index in [4.69, 9.17) is 0 Å². The molecule has 0 aliphatic carbocycles. The molecule has 0 aliphatic rings. The maximum atomic E-state index is 14.1. The topological polar surface area (TPSA) is 100 Å². The van der Waals surface area contributed by atoms with E-state index in [1.165, 1.54) is 6.07 Å². The van der Waals surface area contributed by atoms with Crippen molar-refractivity contribution in [1.29, 1.82) is 0 Å². The van der Waals surface area contributed by atoms with Crippen LogP contribution in [0.4, 0.5) is 14.9 Å². The van der Waals surface area contributed by atoms with E-state index in [1.54, 1.807) is 73.3 Å². The van der Waals surface area contributed by atoms with Gasteiger partial charge in [0.15, 0.2) is 5.65 Å². The van der Waals surface area contributed by atoms with Crippen molar-refractivity contribution in [2.45, 2.75) is 13.0 Å². The number of hydrogen-bond donors (Lipinski definition) is 3. The zero-order chi connectivity index (χ0) is 26.6. The summed E-state index contributed by atoms with van der Waals surface area (Å²) in [5, 5.41) is 12.7. The summed E-state index contributed by atoms with van der Waals surface area (Å²) in [6.45, 7) is 1.75. The highest BCUT2D eigenvalue weighted by Crippen LogP contribution is 2.26. The predicted molar refractivity (Wildman–Crippen MR) is 144 cm³/mol. The number of halogens is 1. The van der Waals surface area contributed by atoms with Gasteiger partial charge in [-0.05, 0) is 48.9 Å². The number of imidazole rings is 1. The molecule has 38 heavy (non-hydrogen) atoms. The molecule has 0 radical (unpaired) electrons. The summed E-state index contributed by atoms with van der Waals surface area (Å²) < 4.78 is 15.8. The normalized spacial score (nSPS) is 11.7. The molecule has 0 bridgehead atoms. The summed E-state index contributed by atoms with van der Waals surface area (Å²) in [5.41, 5.74) is 5.36. The number of carbonyl (C=O) groups is 2. The van der Waals surface area contributed by atoms with Crippen molar-refractivity contribution in [3.05, 3.63) is 108 Å². The molecule has 3 amide bonds. The monoisotopic (exact) mass is 508 g/mol. The van der Waals surface area contributed by atoms with Crippen molar-refractivity contribution in [3.8, 4) is 22.4 Å². The Morgan fingerprint density at radius 2 is 1.68 bits per heavy atom. The Labute approximate surface area is 218 Å². The van der Waals surface area contributed by atoms with E-state index in [0.29, 0.717) is 22.5 Å². The Morgan fingerprint density at radius 1 is 0.895 bits per heavy atom. The minimum Gasteiger partial charge on any atom is -0.345 e. The Morgan fingerprint density at radius 3 is 2.50 bits per heavy atom. The second-order valence-electron chi connectivity index (χ2n) is 8.74. The second kappa shape index (κ2) is 10.5. The molecule has 5 aromatic rings. The molecule has 5 rings (SSSR count). The molecule has 2 heterocycles. The Balaban J connectivity index is 1.38. The van der Waals surface area contributed by atoms with Gasteiger partial charge in [0.1, 0.15) is 5.82 Å². The van der Waals surface area contributed by atoms with E-state index < -0.39 is 6.04 Å². The van der Waals surface area contributed by atoms with Crippen LogP contribution in [-0.4, -0.2) is 33.6 Å². The van der Waals surface area contributed by atoms with Gasteiger partial charge in [0.25, 0.3) is 5.91 Å². The van der Waals surface area contributed by atoms with Crippen LogP contribution in [0.5, 0.6) is 0 Å². The van der Waals surface area contributed by atoms with Crippen LogP contribution in [0.15, 0.2) is 91.3 Å². The first kappa shape index (κ1) is 24.6. The van der Waals surface area contributed by atoms with Crippen molar-refractivity contribution < 1.29 is 14.0 Å². The fourth-order valence-corrected chi connectivity index (χ4v) is 4.20. The number of amides is 3. The molecular formula is C29H25FN6O2. The molecule has 2 aromatic heterocycles. The van der Waals surface area contributed by atoms with Gasteiger partial charge >= 0.3 is 6.03 Å². The van der Waals surface area contributed by atoms with E-state index in [2.05, 4.69) is 26.0 Å². The zero-order valence-electron chi connectivity index (χ0n) is 20.8. The molecule has 190 valence electrons. The smallest absolute Gasteiger partial charge is 0.318 e. The molecule has 3 aromatic carbocycles. The predicted octanol–water partition coefficient (Wildman–Crippen LogP) is 5.44. The lowest BCUT2D eigenvalue weighted by Crippen LogP contribution is -2.27. The van der Waals surface area contributed by atoms with E-state index in [9.17, 15) is 14.0 Å². The lowest BCUT2D eigenvalue weighted by molar-refractivity contribution is 0.0939. The summed E-state index contributed by atoms with van der Waals surface area (Å²) in [6.07, 6.45) is 3.43. The second-order valence-corrected chi connectivity index (χ2v) is 8.74. The number of aromatic nitrogens is 3. The van der Waals surface area contributed by atoms with Gasteiger partial charge in [0.2, 0.25) is 0 Å². The van der Waals surface area contributed by atoms with Gasteiger partial charge in [-0.25, -0.2) is 18.7 Å². The third-order valence-corrected chi connectivity index (χ3v) is 6.18. The Hall–Kier alpha value is -5.05. The van der Waals surface area contributed by atoms with Crippen molar-refractivity contribution in [2.75, 3.05) is 12.4 Å². The highest BCUT2D eigenvalue weighted by atomic mass is 19.1. The highest BCUT2D eigenvalue weighted by Gasteiger charge is 2.16. The largest absolute Gasteiger partial charge is 0.345 e. The van der Waals surface area contributed by atoms with Gasteiger partial charge in [0.05, 0.1) is 24.1 Å². The molecule has 0 saturated carbocycles. The molecule has 1 atom stereocenters. The fraction of sp³-hybridized carbons (Fsp3) is 0.103. The molecule has 0 fully saturated rings. The van der Waals surface area contributed by atoms with Gasteiger partial charge in [-0.2, -0.15) is 5.10 Å². The molecule has 0 spiro atoms. The molecule has 8 nitrogen and oxygen atoms in total. The number of urea groups is 1. The lowest BCUT2D eigenvalue weighted by Gasteiger charge is -2.15. The van der Waals surface area contributed by atoms with Crippen LogP contribution in [0, 0.1) is 5.82 Å². The van der Waals surface area contributed by atoms with Gasteiger partial charge in [-0.3, -0.25) is 4.79 Å². The maximum absolute atomic E-state index is 14.1. The summed E-state index contributed by atoms with van der Waals surface area (Å²) >= 11 is 0. The van der Waals surface area contributed by atoms with E-state index >= 15 is 0 Å². The molecule has 1 unspecified atom stereocenters. The van der Waals surface area contributed by atoms with Crippen LogP contribution in [0.25, 0.3) is 28.0 Å². The van der Waals surface area contributed by atoms with Crippen LogP contribution >= 0.6 is 0 Å². The summed E-state index contributed by atoms with van der Waals surface area (Å²) in [4.78, 5) is 29.1. The first-order valence-electron chi connectivity index (χ1n) is 12.0. The molecular weight excluding hydrogens is 483 g/mol. The number of fused-ring (bicyclic) bond motifs is 1. The molecule has 3 N–H and O–H groups in total. The van der Waals surface area contributed by atoms with Crippen molar-refractivity contribution in [2.24, 2.45) is 0 Å². The minimum absolute atomic E-state index is 0.301. The van der Waals surface area contributed by atoms with Crippen LogP contribution in [0.1, 0.15) is 28.9 Å². The van der Waals surface area contributed by atoms with Gasteiger partial charge < -0.3 is 16.0 Å². The molecule has 9 heteroatoms. The summed E-state index contributed by atoms with van der Waals surface area (Å²) in [7, 11) is 1.56. The lowest BCUT2D eigenvalue weighted by atomic mass is 10.0. The van der Waals surface area contributed by atoms with E-state index in [-0.39, 0.29) is 17.8 Å². The standard InChI is InChI=1S/C29H25FN6O2/c1-18(24-11-3-4-12-25(24)30)34-28(37)21-9-5-7-19(13-21)22-15-27-32-17-26(36(27)33-16-22)20-8-6-10-23(14-20)35-29(38)31-2/h3-18H,1-2H3,(H,34,37)(H2,31,35,38). The number of nitrogens with zero attached hydrogens (tertiary/aromatic N) is 3. The van der Waals surface area contributed by atoms with Gasteiger partial charge in [-0.15, -0.1) is 0 Å². The SMILES string of the molecule is CNC(=O)Nc1cccc(-c2cnc3cc(-c4cccc(C(=O)NC(C)c5ccccc5F)c4)cnn23)c1. The summed E-state index contributed by atoms with van der Waals surface area (Å²) in [6, 6.07) is 22.1. The van der Waals surface area contributed by atoms with Gasteiger partial charge in [0, 0.05) is 35.0 Å². The number of anilines is 1. The summed E-state index contributed by atoms with van der Waals surface area (Å²) in [5.74, 6) is -0.660. The number of hydrogen-bond acceptors (Lipinski definition) is 4. The number of benzene rings is 3. The van der Waals surface area contributed by atoms with Crippen LogP contribution in [-0.2, 0) is 0 Å². The number of carbonyl (C=O) groups excluding carboxylic acids is 2. The molecule has 0 aliphatic heterocycles.